The molecule has 3 fully saturated rings. The highest BCUT2D eigenvalue weighted by Crippen LogP contribution is 2.46. The van der Waals surface area contributed by atoms with Gasteiger partial charge in [0.2, 0.25) is 0 Å². The summed E-state index contributed by atoms with van der Waals surface area (Å²) in [5, 5.41) is 19.2. The van der Waals surface area contributed by atoms with Crippen LogP contribution in [0.5, 0.6) is 0 Å². The van der Waals surface area contributed by atoms with Gasteiger partial charge in [-0.3, -0.25) is 4.79 Å². The molecule has 7 rings (SSSR count). The zero-order chi connectivity index (χ0) is 22.0. The minimum absolute atomic E-state index is 0.152. The Balaban J connectivity index is 1.38. The molecular formula is C22H22FN7O2. The van der Waals surface area contributed by atoms with Crippen molar-refractivity contribution in [3.05, 3.63) is 30.5 Å². The molecule has 10 heteroatoms. The molecule has 4 aromatic heterocycles. The number of hydrogen-bond acceptors (Lipinski definition) is 6. The fourth-order valence-corrected chi connectivity index (χ4v) is 5.61. The number of nitrogens with zero attached hydrogens (tertiary/aromatic N) is 5. The molecule has 2 atom stereocenters. The number of hydrogen-bond donors (Lipinski definition) is 3. The number of aromatic nitrogens is 6. The molecule has 3 aliphatic carbocycles. The van der Waals surface area contributed by atoms with E-state index < -0.39 is 17.7 Å². The number of pyridine rings is 1. The number of H-pyrrole nitrogens is 1. The number of rotatable bonds is 4. The SMILES string of the molecule is Cn1nc(N[C@H]2C3CCC(CC3)[C@@H]2C(=O)O)c2cnc(-c3c[nH]c4ncc(F)cc34)nc21. The monoisotopic (exact) mass is 435 g/mol. The van der Waals surface area contributed by atoms with Gasteiger partial charge in [-0.1, -0.05) is 0 Å². The van der Waals surface area contributed by atoms with Gasteiger partial charge in [-0.2, -0.15) is 5.10 Å². The Hall–Kier alpha value is -3.56. The average Bonchev–Trinajstić information content (AvgIpc) is 3.34. The molecule has 2 bridgehead atoms. The lowest BCUT2D eigenvalue weighted by Crippen LogP contribution is -2.51. The third kappa shape index (κ3) is 2.85. The fraction of sp³-hybridized carbons (Fsp3) is 0.409. The van der Waals surface area contributed by atoms with Gasteiger partial charge in [-0.05, 0) is 43.6 Å². The first-order chi connectivity index (χ1) is 15.5. The average molecular weight is 435 g/mol. The predicted molar refractivity (Wildman–Crippen MR) is 115 cm³/mol. The largest absolute Gasteiger partial charge is 0.481 e. The van der Waals surface area contributed by atoms with E-state index in [0.29, 0.717) is 39.8 Å². The van der Waals surface area contributed by atoms with Gasteiger partial charge in [0.15, 0.2) is 17.3 Å². The van der Waals surface area contributed by atoms with Crippen molar-refractivity contribution in [1.82, 2.24) is 29.7 Å². The summed E-state index contributed by atoms with van der Waals surface area (Å²) in [4.78, 5) is 28.3. The Kier molecular flexibility index (Phi) is 4.17. The lowest BCUT2D eigenvalue weighted by Gasteiger charge is -2.47. The van der Waals surface area contributed by atoms with Crippen molar-refractivity contribution in [2.45, 2.75) is 31.7 Å². The quantitative estimate of drug-likeness (QED) is 0.449. The summed E-state index contributed by atoms with van der Waals surface area (Å²) in [6.07, 6.45) is 8.61. The third-order valence-electron chi connectivity index (χ3n) is 7.13. The first kappa shape index (κ1) is 19.1. The number of aliphatic carboxylic acids is 1. The van der Waals surface area contributed by atoms with Crippen LogP contribution in [0.25, 0.3) is 33.5 Å². The highest BCUT2D eigenvalue weighted by Gasteiger charge is 2.47. The number of carboxylic acid groups (broad SMARTS) is 1. The number of carboxylic acids is 1. The summed E-state index contributed by atoms with van der Waals surface area (Å²) in [6.45, 7) is 0. The molecule has 4 aromatic rings. The van der Waals surface area contributed by atoms with Crippen LogP contribution in [0.2, 0.25) is 0 Å². The molecular weight excluding hydrogens is 413 g/mol. The van der Waals surface area contributed by atoms with Crippen molar-refractivity contribution in [2.75, 3.05) is 5.32 Å². The predicted octanol–water partition coefficient (Wildman–Crippen LogP) is 3.35. The maximum atomic E-state index is 13.7. The molecule has 9 nitrogen and oxygen atoms in total. The van der Waals surface area contributed by atoms with Crippen molar-refractivity contribution in [3.8, 4) is 11.4 Å². The first-order valence-corrected chi connectivity index (χ1v) is 10.8. The number of halogens is 1. The first-order valence-electron chi connectivity index (χ1n) is 10.8. The molecule has 3 saturated carbocycles. The van der Waals surface area contributed by atoms with Gasteiger partial charge in [0, 0.05) is 36.4 Å². The van der Waals surface area contributed by atoms with Crippen molar-refractivity contribution in [2.24, 2.45) is 24.8 Å². The smallest absolute Gasteiger partial charge is 0.308 e. The van der Waals surface area contributed by atoms with Crippen LogP contribution in [0.4, 0.5) is 10.2 Å². The molecule has 3 N–H and O–H groups in total. The van der Waals surface area contributed by atoms with Crippen LogP contribution >= 0.6 is 0 Å². The van der Waals surface area contributed by atoms with Crippen molar-refractivity contribution >= 4 is 33.9 Å². The van der Waals surface area contributed by atoms with Crippen molar-refractivity contribution in [3.63, 3.8) is 0 Å². The van der Waals surface area contributed by atoms with E-state index in [1.807, 2.05) is 0 Å². The topological polar surface area (TPSA) is 122 Å². The lowest BCUT2D eigenvalue weighted by atomic mass is 9.61. The second kappa shape index (κ2) is 6.98. The maximum Gasteiger partial charge on any atom is 0.308 e. The van der Waals surface area contributed by atoms with Gasteiger partial charge in [-0.25, -0.2) is 24.0 Å². The number of carbonyl (C=O) groups is 1. The van der Waals surface area contributed by atoms with Crippen molar-refractivity contribution < 1.29 is 14.3 Å². The summed E-state index contributed by atoms with van der Waals surface area (Å²) in [5.41, 5.74) is 1.83. The van der Waals surface area contributed by atoms with E-state index in [1.165, 1.54) is 6.07 Å². The summed E-state index contributed by atoms with van der Waals surface area (Å²) >= 11 is 0. The van der Waals surface area contributed by atoms with E-state index >= 15 is 0 Å². The van der Waals surface area contributed by atoms with Gasteiger partial charge in [0.05, 0.1) is 17.5 Å². The number of nitrogens with one attached hydrogen (secondary N) is 2. The van der Waals surface area contributed by atoms with Gasteiger partial charge in [0.1, 0.15) is 11.5 Å². The Bertz CT molecular complexity index is 1360. The number of fused-ring (bicyclic) bond motifs is 5. The van der Waals surface area contributed by atoms with Gasteiger partial charge >= 0.3 is 5.97 Å². The molecule has 0 amide bonds. The summed E-state index contributed by atoms with van der Waals surface area (Å²) in [5.74, 6) is -0.00331. The van der Waals surface area contributed by atoms with Gasteiger partial charge in [0.25, 0.3) is 0 Å². The maximum absolute atomic E-state index is 13.7. The third-order valence-corrected chi connectivity index (χ3v) is 7.13. The molecule has 164 valence electrons. The van der Waals surface area contributed by atoms with Crippen LogP contribution in [0.15, 0.2) is 24.7 Å². The second-order valence-electron chi connectivity index (χ2n) is 8.86. The number of aromatic amines is 1. The van der Waals surface area contributed by atoms with Gasteiger partial charge in [-0.15, -0.1) is 0 Å². The van der Waals surface area contributed by atoms with Crippen molar-refractivity contribution in [1.29, 1.82) is 0 Å². The standard InChI is InChI=1S/C22H22FN7O2/c1-30-21-15(9-26-19(28-21)14-8-25-18-13(14)6-12(23)7-24-18)20(29-30)27-17-11-4-2-10(3-5-11)16(17)22(31)32/h6-11,16-17H,2-5H2,1H3,(H,24,25)(H,27,29)(H,31,32)/t10?,11?,16-,17-/m0/s1. The molecule has 3 aliphatic rings. The molecule has 0 radical (unpaired) electrons. The van der Waals surface area contributed by atoms with E-state index in [4.69, 9.17) is 0 Å². The van der Waals surface area contributed by atoms with Crippen LogP contribution < -0.4 is 5.32 Å². The minimum atomic E-state index is -0.740. The van der Waals surface area contributed by atoms with E-state index in [2.05, 4.69) is 30.4 Å². The molecule has 0 spiro atoms. The second-order valence-corrected chi connectivity index (χ2v) is 8.86. The van der Waals surface area contributed by atoms with Crippen LogP contribution in [-0.2, 0) is 11.8 Å². The number of anilines is 1. The zero-order valence-corrected chi connectivity index (χ0v) is 17.4. The highest BCUT2D eigenvalue weighted by molar-refractivity contribution is 5.94. The fourth-order valence-electron chi connectivity index (χ4n) is 5.61. The summed E-state index contributed by atoms with van der Waals surface area (Å²) < 4.78 is 15.4. The van der Waals surface area contributed by atoms with Crippen LogP contribution in [0.3, 0.4) is 0 Å². The Morgan fingerprint density at radius 3 is 2.75 bits per heavy atom. The zero-order valence-electron chi connectivity index (χ0n) is 17.4. The lowest BCUT2D eigenvalue weighted by molar-refractivity contribution is -0.148. The molecule has 0 aromatic carbocycles. The Morgan fingerprint density at radius 2 is 1.97 bits per heavy atom. The molecule has 0 saturated heterocycles. The molecule has 0 aliphatic heterocycles. The Morgan fingerprint density at radius 1 is 1.19 bits per heavy atom. The number of aryl methyl sites for hydroxylation is 1. The molecule has 0 unspecified atom stereocenters. The van der Waals surface area contributed by atoms with E-state index in [9.17, 15) is 14.3 Å². The van der Waals surface area contributed by atoms with E-state index in [0.717, 1.165) is 37.3 Å². The molecule has 32 heavy (non-hydrogen) atoms. The minimum Gasteiger partial charge on any atom is -0.481 e. The van der Waals surface area contributed by atoms with Crippen LogP contribution in [-0.4, -0.2) is 46.8 Å². The molecule has 4 heterocycles. The van der Waals surface area contributed by atoms with Crippen LogP contribution in [0, 0.1) is 23.6 Å². The highest BCUT2D eigenvalue weighted by atomic mass is 19.1. The van der Waals surface area contributed by atoms with Crippen LogP contribution in [0.1, 0.15) is 25.7 Å². The van der Waals surface area contributed by atoms with E-state index in [-0.39, 0.29) is 12.0 Å². The Labute approximate surface area is 182 Å². The van der Waals surface area contributed by atoms with E-state index in [1.54, 1.807) is 24.1 Å². The van der Waals surface area contributed by atoms with Gasteiger partial charge < -0.3 is 15.4 Å². The summed E-state index contributed by atoms with van der Waals surface area (Å²) in [6, 6.07) is 1.25. The summed E-state index contributed by atoms with van der Waals surface area (Å²) in [7, 11) is 1.79. The normalized spacial score (nSPS) is 24.9.